The van der Waals surface area contributed by atoms with E-state index in [4.69, 9.17) is 28.4 Å². The van der Waals surface area contributed by atoms with Crippen LogP contribution in [0.25, 0.3) is 0 Å². The number of aliphatic hydroxyl groups excluding tert-OH is 11. The second-order valence-corrected chi connectivity index (χ2v) is 23.2. The Morgan fingerprint density at radius 1 is 0.440 bits per heavy atom. The predicted octanol–water partition coefficient (Wildman–Crippen LogP) is 7.21. The topological polar surface area (TPSA) is 307 Å². The number of hydrogen-bond donors (Lipinski definition) is 12. The average Bonchev–Trinajstić information content (AvgIpc) is 3.68. The Bertz CT molecular complexity index is 1770. The lowest BCUT2D eigenvalue weighted by molar-refractivity contribution is -0.379. The van der Waals surface area contributed by atoms with E-state index in [2.05, 4.69) is 79.9 Å². The third-order valence-corrected chi connectivity index (χ3v) is 16.1. The highest BCUT2D eigenvalue weighted by Gasteiger charge is 2.53. The van der Waals surface area contributed by atoms with E-state index in [1.807, 2.05) is 0 Å². The van der Waals surface area contributed by atoms with Crippen LogP contribution in [-0.4, -0.2) is 193 Å². The normalized spacial score (nSPS) is 29.6. The molecule has 0 aromatic rings. The fourth-order valence-electron chi connectivity index (χ4n) is 10.8. The van der Waals surface area contributed by atoms with Crippen molar-refractivity contribution in [2.24, 2.45) is 0 Å². The van der Waals surface area contributed by atoms with Crippen LogP contribution in [0.1, 0.15) is 213 Å². The molecule has 0 radical (unpaired) electrons. The molecular formula is C65H115NO18. The van der Waals surface area contributed by atoms with Gasteiger partial charge in [0.25, 0.3) is 0 Å². The average molecular weight is 1200 g/mol. The first-order valence-electron chi connectivity index (χ1n) is 32.5. The standard InChI is InChI=1S/C65H115NO18/c1-3-5-7-9-11-13-15-17-19-20-21-22-23-24-25-26-27-28-29-31-33-35-37-39-41-43-53(71)66-48(49(70)42-40-38-36-34-32-30-18-16-14-12-10-8-6-4-2)47-79-63-59(77)56(74)61(51(45-68)81-63)84-65-60(78)57(75)62(52(46-69)82-65)83-64-58(76)55(73)54(72)50(44-67)80-64/h5,7,11,13,17,19,21-22,24-25,48-52,54-65,67-70,72-78H,3-4,6,8-10,12,14-16,18,20,23,26-47H2,1-2H3,(H,66,71)/b7-5-,13-11-,19-17-,22-21-,25-24-. The lowest BCUT2D eigenvalue weighted by atomic mass is 9.96. The second kappa shape index (κ2) is 47.5. The van der Waals surface area contributed by atoms with Gasteiger partial charge >= 0.3 is 0 Å². The smallest absolute Gasteiger partial charge is 0.220 e. The van der Waals surface area contributed by atoms with Gasteiger partial charge in [0.2, 0.25) is 5.91 Å². The zero-order chi connectivity index (χ0) is 61.2. The van der Waals surface area contributed by atoms with Gasteiger partial charge in [-0.2, -0.15) is 0 Å². The van der Waals surface area contributed by atoms with Gasteiger partial charge in [0.15, 0.2) is 18.9 Å². The molecule has 488 valence electrons. The maximum Gasteiger partial charge on any atom is 0.220 e. The number of allylic oxidation sites excluding steroid dienone is 10. The summed E-state index contributed by atoms with van der Waals surface area (Å²) >= 11 is 0. The monoisotopic (exact) mass is 1200 g/mol. The zero-order valence-corrected chi connectivity index (χ0v) is 51.1. The van der Waals surface area contributed by atoms with Crippen LogP contribution >= 0.6 is 0 Å². The number of unbranched alkanes of at least 4 members (excludes halogenated alkanes) is 22. The molecule has 3 saturated heterocycles. The van der Waals surface area contributed by atoms with Gasteiger partial charge in [-0.1, -0.05) is 209 Å². The van der Waals surface area contributed by atoms with Gasteiger partial charge in [0, 0.05) is 6.42 Å². The van der Waals surface area contributed by atoms with Crippen molar-refractivity contribution >= 4 is 5.91 Å². The summed E-state index contributed by atoms with van der Waals surface area (Å²) in [6.45, 7) is 1.67. The summed E-state index contributed by atoms with van der Waals surface area (Å²) in [5.41, 5.74) is 0. The van der Waals surface area contributed by atoms with E-state index in [9.17, 15) is 61.0 Å². The van der Waals surface area contributed by atoms with Crippen molar-refractivity contribution in [3.05, 3.63) is 60.8 Å². The maximum absolute atomic E-state index is 13.4. The Labute approximate surface area is 503 Å². The Hall–Kier alpha value is -2.51. The van der Waals surface area contributed by atoms with E-state index in [1.54, 1.807) is 0 Å². The molecule has 0 aromatic heterocycles. The number of rotatable bonds is 48. The molecule has 0 spiro atoms. The number of carbonyl (C=O) groups is 1. The molecule has 3 fully saturated rings. The van der Waals surface area contributed by atoms with Gasteiger partial charge in [-0.25, -0.2) is 0 Å². The van der Waals surface area contributed by atoms with Gasteiger partial charge < -0.3 is 89.9 Å². The van der Waals surface area contributed by atoms with Crippen LogP contribution in [0, 0.1) is 0 Å². The Morgan fingerprint density at radius 2 is 0.821 bits per heavy atom. The number of carbonyl (C=O) groups excluding carboxylic acids is 1. The fourth-order valence-corrected chi connectivity index (χ4v) is 10.8. The largest absolute Gasteiger partial charge is 0.394 e. The summed E-state index contributed by atoms with van der Waals surface area (Å²) in [6, 6.07) is -0.893. The first-order valence-corrected chi connectivity index (χ1v) is 32.5. The summed E-state index contributed by atoms with van der Waals surface area (Å²) < 4.78 is 34.3. The lowest BCUT2D eigenvalue weighted by Gasteiger charge is -2.48. The van der Waals surface area contributed by atoms with Crippen LogP contribution in [0.4, 0.5) is 0 Å². The zero-order valence-electron chi connectivity index (χ0n) is 51.1. The van der Waals surface area contributed by atoms with Crippen molar-refractivity contribution < 1.29 is 89.4 Å². The third-order valence-electron chi connectivity index (χ3n) is 16.1. The molecule has 84 heavy (non-hydrogen) atoms. The molecule has 3 heterocycles. The minimum absolute atomic E-state index is 0.252. The van der Waals surface area contributed by atoms with Crippen molar-refractivity contribution in [1.29, 1.82) is 0 Å². The first kappa shape index (κ1) is 75.7. The van der Waals surface area contributed by atoms with E-state index >= 15 is 0 Å². The van der Waals surface area contributed by atoms with Gasteiger partial charge in [-0.05, 0) is 57.8 Å². The molecule has 19 heteroatoms. The molecule has 17 atom stereocenters. The van der Waals surface area contributed by atoms with E-state index in [0.717, 1.165) is 89.9 Å². The second-order valence-electron chi connectivity index (χ2n) is 23.2. The van der Waals surface area contributed by atoms with Gasteiger partial charge in [0.1, 0.15) is 73.2 Å². The van der Waals surface area contributed by atoms with E-state index in [0.29, 0.717) is 12.8 Å². The summed E-state index contributed by atoms with van der Waals surface area (Å²) in [5, 5.41) is 120. The van der Waals surface area contributed by atoms with Gasteiger partial charge in [0.05, 0.1) is 38.6 Å². The number of aliphatic hydroxyl groups is 11. The summed E-state index contributed by atoms with van der Waals surface area (Å²) in [6.07, 6.45) is 28.6. The molecule has 0 saturated carbocycles. The summed E-state index contributed by atoms with van der Waals surface area (Å²) in [5.74, 6) is -0.252. The van der Waals surface area contributed by atoms with Crippen molar-refractivity contribution in [1.82, 2.24) is 5.32 Å². The van der Waals surface area contributed by atoms with Gasteiger partial charge in [-0.3, -0.25) is 4.79 Å². The van der Waals surface area contributed by atoms with Crippen LogP contribution in [0.15, 0.2) is 60.8 Å². The van der Waals surface area contributed by atoms with Crippen molar-refractivity contribution in [3.8, 4) is 0 Å². The molecule has 0 aliphatic carbocycles. The number of nitrogens with one attached hydrogen (secondary N) is 1. The SMILES string of the molecule is CC/C=C\C/C=C\C/C=C\C/C=C\C/C=C\CCCCCCCCCCCC(=O)NC(COC1OC(CO)C(OC2OC(CO)C(OC3OC(CO)C(O)C(O)C3O)C(O)C2O)C(O)C1O)C(O)CCCCCCCCCCCCCCCC. The highest BCUT2D eigenvalue weighted by atomic mass is 16.8. The Kier molecular flexibility index (Phi) is 42.8. The predicted molar refractivity (Wildman–Crippen MR) is 323 cm³/mol. The van der Waals surface area contributed by atoms with Crippen molar-refractivity contribution in [2.75, 3.05) is 26.4 Å². The first-order chi connectivity index (χ1) is 40.8. The third kappa shape index (κ3) is 30.1. The lowest BCUT2D eigenvalue weighted by Crippen LogP contribution is -2.66. The van der Waals surface area contributed by atoms with Gasteiger partial charge in [-0.15, -0.1) is 0 Å². The minimum atomic E-state index is -1.97. The molecule has 1 amide bonds. The highest BCUT2D eigenvalue weighted by molar-refractivity contribution is 5.76. The number of ether oxygens (including phenoxy) is 6. The molecule has 0 bridgehead atoms. The highest BCUT2D eigenvalue weighted by Crippen LogP contribution is 2.33. The number of amides is 1. The fraction of sp³-hybridized carbons (Fsp3) is 0.831. The van der Waals surface area contributed by atoms with Crippen LogP contribution in [0.2, 0.25) is 0 Å². The Balaban J connectivity index is 1.44. The molecule has 3 rings (SSSR count). The molecule has 3 aliphatic rings. The quantitative estimate of drug-likeness (QED) is 0.0211. The summed E-state index contributed by atoms with van der Waals surface area (Å²) in [4.78, 5) is 13.4. The van der Waals surface area contributed by atoms with Crippen molar-refractivity contribution in [2.45, 2.75) is 317 Å². The minimum Gasteiger partial charge on any atom is -0.394 e. The van der Waals surface area contributed by atoms with Crippen LogP contribution in [0.3, 0.4) is 0 Å². The molecule has 19 nitrogen and oxygen atoms in total. The van der Waals surface area contributed by atoms with E-state index in [1.165, 1.54) is 89.9 Å². The van der Waals surface area contributed by atoms with Crippen molar-refractivity contribution in [3.63, 3.8) is 0 Å². The molecule has 12 N–H and O–H groups in total. The summed E-state index contributed by atoms with van der Waals surface area (Å²) in [7, 11) is 0. The van der Waals surface area contributed by atoms with Crippen LogP contribution in [0.5, 0.6) is 0 Å². The maximum atomic E-state index is 13.4. The molecular weight excluding hydrogens is 1080 g/mol. The van der Waals surface area contributed by atoms with E-state index in [-0.39, 0.29) is 18.9 Å². The Morgan fingerprint density at radius 3 is 1.29 bits per heavy atom. The number of hydrogen-bond acceptors (Lipinski definition) is 18. The van der Waals surface area contributed by atoms with Crippen LogP contribution < -0.4 is 5.32 Å². The molecule has 3 aliphatic heterocycles. The van der Waals surface area contributed by atoms with E-state index < -0.39 is 124 Å². The molecule has 0 aromatic carbocycles. The van der Waals surface area contributed by atoms with Crippen LogP contribution in [-0.2, 0) is 33.2 Å². The molecule has 17 unspecified atom stereocenters.